The minimum atomic E-state index is -0.457. The second kappa shape index (κ2) is 10.6. The molecule has 1 atom stereocenters. The molecular formula is C24H27ClFN3O2S. The topological polar surface area (TPSA) is 40.9 Å². The lowest BCUT2D eigenvalue weighted by Crippen LogP contribution is -2.41. The molecule has 1 unspecified atom stereocenters. The molecule has 1 aromatic heterocycles. The van der Waals surface area contributed by atoms with E-state index in [0.717, 1.165) is 62.5 Å². The molecule has 0 bridgehead atoms. The predicted molar refractivity (Wildman–Crippen MR) is 131 cm³/mol. The van der Waals surface area contributed by atoms with Crippen LogP contribution < -0.4 is 5.32 Å². The van der Waals surface area contributed by atoms with Gasteiger partial charge in [0.2, 0.25) is 0 Å². The maximum absolute atomic E-state index is 13.6. The van der Waals surface area contributed by atoms with Crippen molar-refractivity contribution in [3.05, 3.63) is 65.1 Å². The van der Waals surface area contributed by atoms with Crippen LogP contribution >= 0.6 is 23.8 Å². The zero-order valence-corrected chi connectivity index (χ0v) is 19.6. The van der Waals surface area contributed by atoms with E-state index in [1.165, 1.54) is 6.07 Å². The molecule has 1 fully saturated rings. The first-order valence-corrected chi connectivity index (χ1v) is 11.6. The third kappa shape index (κ3) is 5.59. The maximum Gasteiger partial charge on any atom is 0.174 e. The van der Waals surface area contributed by atoms with Crippen molar-refractivity contribution in [3.8, 4) is 0 Å². The number of rotatable bonds is 7. The van der Waals surface area contributed by atoms with Crippen molar-refractivity contribution in [1.82, 2.24) is 9.80 Å². The molecule has 1 N–H and O–H groups in total. The molecule has 4 rings (SSSR count). The first-order chi connectivity index (χ1) is 15.5. The fourth-order valence-corrected chi connectivity index (χ4v) is 4.44. The number of nitrogens with zero attached hydrogens (tertiary/aromatic N) is 2. The number of para-hydroxylation sites is 1. The Hall–Kier alpha value is -2.19. The van der Waals surface area contributed by atoms with E-state index in [9.17, 15) is 4.39 Å². The van der Waals surface area contributed by atoms with Crippen LogP contribution in [0.3, 0.4) is 0 Å². The molecule has 0 spiro atoms. The normalized spacial score (nSPS) is 15.6. The van der Waals surface area contributed by atoms with Crippen molar-refractivity contribution in [1.29, 1.82) is 0 Å². The molecule has 2 aromatic carbocycles. The van der Waals surface area contributed by atoms with Crippen LogP contribution in [0.1, 0.15) is 25.1 Å². The van der Waals surface area contributed by atoms with E-state index in [4.69, 9.17) is 33.0 Å². The van der Waals surface area contributed by atoms with E-state index >= 15 is 0 Å². The van der Waals surface area contributed by atoms with Crippen LogP contribution in [0.5, 0.6) is 0 Å². The summed E-state index contributed by atoms with van der Waals surface area (Å²) in [7, 11) is 0. The second-order valence-electron chi connectivity index (χ2n) is 7.92. The first-order valence-electron chi connectivity index (χ1n) is 10.8. The summed E-state index contributed by atoms with van der Waals surface area (Å²) in [5.41, 5.74) is 1.50. The van der Waals surface area contributed by atoms with Gasteiger partial charge >= 0.3 is 0 Å². The monoisotopic (exact) mass is 475 g/mol. The van der Waals surface area contributed by atoms with Crippen molar-refractivity contribution >= 4 is 45.6 Å². The van der Waals surface area contributed by atoms with Gasteiger partial charge in [-0.15, -0.1) is 0 Å². The average molecular weight is 476 g/mol. The molecule has 1 aliphatic rings. The quantitative estimate of drug-likeness (QED) is 0.441. The molecule has 5 nitrogen and oxygen atoms in total. The fourth-order valence-electron chi connectivity index (χ4n) is 3.89. The highest BCUT2D eigenvalue weighted by Crippen LogP contribution is 2.28. The number of fused-ring (bicyclic) bond motifs is 1. The molecule has 1 aliphatic heterocycles. The molecule has 170 valence electrons. The molecule has 0 radical (unpaired) electrons. The van der Waals surface area contributed by atoms with Gasteiger partial charge < -0.3 is 19.4 Å². The number of hydrogen-bond acceptors (Lipinski definition) is 4. The third-order valence-corrected chi connectivity index (χ3v) is 6.36. The Morgan fingerprint density at radius 3 is 2.75 bits per heavy atom. The zero-order valence-electron chi connectivity index (χ0n) is 18.0. The lowest BCUT2D eigenvalue weighted by molar-refractivity contribution is 0.0365. The van der Waals surface area contributed by atoms with Crippen LogP contribution in [0.2, 0.25) is 5.02 Å². The number of hydrogen-bond donors (Lipinski definition) is 1. The van der Waals surface area contributed by atoms with Gasteiger partial charge in [0, 0.05) is 37.3 Å². The van der Waals surface area contributed by atoms with Crippen LogP contribution in [0.15, 0.2) is 52.9 Å². The minimum absolute atomic E-state index is 0.0574. The summed E-state index contributed by atoms with van der Waals surface area (Å²) in [5, 5.41) is 4.88. The number of ether oxygens (including phenoxy) is 1. The predicted octanol–water partition coefficient (Wildman–Crippen LogP) is 5.71. The van der Waals surface area contributed by atoms with Gasteiger partial charge in [0.05, 0.1) is 24.3 Å². The summed E-state index contributed by atoms with van der Waals surface area (Å²) < 4.78 is 25.1. The van der Waals surface area contributed by atoms with Crippen molar-refractivity contribution in [2.45, 2.75) is 19.4 Å². The molecule has 8 heteroatoms. The highest BCUT2D eigenvalue weighted by atomic mass is 35.5. The Morgan fingerprint density at radius 1 is 1.22 bits per heavy atom. The van der Waals surface area contributed by atoms with Gasteiger partial charge in [0.1, 0.15) is 17.2 Å². The average Bonchev–Trinajstić information content (AvgIpc) is 3.24. The number of nitrogens with one attached hydrogen (secondary N) is 1. The second-order valence-corrected chi connectivity index (χ2v) is 8.72. The summed E-state index contributed by atoms with van der Waals surface area (Å²) in [6.45, 7) is 7.27. The first kappa shape index (κ1) is 23.0. The molecule has 1 saturated heterocycles. The van der Waals surface area contributed by atoms with E-state index in [1.807, 2.05) is 24.3 Å². The van der Waals surface area contributed by atoms with E-state index in [0.29, 0.717) is 10.8 Å². The molecule has 0 amide bonds. The van der Waals surface area contributed by atoms with Gasteiger partial charge in [-0.2, -0.15) is 0 Å². The van der Waals surface area contributed by atoms with Gasteiger partial charge in [0.25, 0.3) is 0 Å². The molecule has 0 saturated carbocycles. The Morgan fingerprint density at radius 2 is 2.00 bits per heavy atom. The van der Waals surface area contributed by atoms with Crippen LogP contribution in [0.25, 0.3) is 11.0 Å². The van der Waals surface area contributed by atoms with Gasteiger partial charge in [-0.3, -0.25) is 4.90 Å². The van der Waals surface area contributed by atoms with Gasteiger partial charge in [-0.05, 0) is 55.9 Å². The Balaban J connectivity index is 1.50. The van der Waals surface area contributed by atoms with E-state index in [1.54, 1.807) is 12.1 Å². The standard InChI is InChI=1S/C24H27ClFN3O2S/c1-17(23-15-18-5-2-3-6-22(18)31-23)29(10-4-9-28-11-13-30-14-12-28)24(32)27-19-7-8-21(26)20(25)16-19/h2-3,5-8,15-17H,4,9-14H2,1H3,(H,27,32). The van der Waals surface area contributed by atoms with Crippen LogP contribution in [-0.2, 0) is 4.74 Å². The van der Waals surface area contributed by atoms with Crippen LogP contribution in [-0.4, -0.2) is 54.3 Å². The summed E-state index contributed by atoms with van der Waals surface area (Å²) >= 11 is 11.7. The summed E-state index contributed by atoms with van der Waals surface area (Å²) in [6, 6.07) is 14.4. The fraction of sp³-hybridized carbons (Fsp3) is 0.375. The largest absolute Gasteiger partial charge is 0.459 e. The maximum atomic E-state index is 13.6. The third-order valence-electron chi connectivity index (χ3n) is 5.73. The minimum Gasteiger partial charge on any atom is -0.459 e. The highest BCUT2D eigenvalue weighted by molar-refractivity contribution is 7.80. The number of furan rings is 1. The van der Waals surface area contributed by atoms with Gasteiger partial charge in [-0.25, -0.2) is 4.39 Å². The number of benzene rings is 2. The number of halogens is 2. The summed E-state index contributed by atoms with van der Waals surface area (Å²) in [4.78, 5) is 4.52. The van der Waals surface area contributed by atoms with Crippen molar-refractivity contribution in [2.24, 2.45) is 0 Å². The summed E-state index contributed by atoms with van der Waals surface area (Å²) in [5.74, 6) is 0.389. The number of anilines is 1. The molecular weight excluding hydrogens is 449 g/mol. The highest BCUT2D eigenvalue weighted by Gasteiger charge is 2.23. The molecule has 32 heavy (non-hydrogen) atoms. The summed E-state index contributed by atoms with van der Waals surface area (Å²) in [6.07, 6.45) is 0.941. The molecule has 3 aromatic rings. The van der Waals surface area contributed by atoms with Crippen molar-refractivity contribution < 1.29 is 13.5 Å². The van der Waals surface area contributed by atoms with Crippen LogP contribution in [0, 0.1) is 5.82 Å². The van der Waals surface area contributed by atoms with E-state index < -0.39 is 5.82 Å². The Labute approximate surface area is 198 Å². The lowest BCUT2D eigenvalue weighted by atomic mass is 10.2. The lowest BCUT2D eigenvalue weighted by Gasteiger charge is -2.32. The molecule has 2 heterocycles. The SMILES string of the molecule is CC(c1cc2ccccc2o1)N(CCCN1CCOCC1)C(=S)Nc1ccc(F)c(Cl)c1. The zero-order chi connectivity index (χ0) is 22.5. The van der Waals surface area contributed by atoms with Crippen molar-refractivity contribution in [2.75, 3.05) is 44.7 Å². The number of morpholine rings is 1. The molecule has 0 aliphatic carbocycles. The number of thiocarbonyl (C=S) groups is 1. The van der Waals surface area contributed by atoms with Gasteiger partial charge in [-0.1, -0.05) is 29.8 Å². The Kier molecular flexibility index (Phi) is 7.63. The van der Waals surface area contributed by atoms with Crippen molar-refractivity contribution in [3.63, 3.8) is 0 Å². The van der Waals surface area contributed by atoms with E-state index in [-0.39, 0.29) is 11.1 Å². The smallest absolute Gasteiger partial charge is 0.174 e. The van der Waals surface area contributed by atoms with Gasteiger partial charge in [0.15, 0.2) is 5.11 Å². The van der Waals surface area contributed by atoms with E-state index in [2.05, 4.69) is 28.1 Å². The Bertz CT molecular complexity index is 1040. The van der Waals surface area contributed by atoms with Crippen LogP contribution in [0.4, 0.5) is 10.1 Å².